The maximum atomic E-state index is 9.08. The zero-order valence-electron chi connectivity index (χ0n) is 12.8. The first-order valence-corrected chi connectivity index (χ1v) is 9.42. The highest BCUT2D eigenvalue weighted by Gasteiger charge is 2.24. The zero-order chi connectivity index (χ0) is 14.7. The summed E-state index contributed by atoms with van der Waals surface area (Å²) < 4.78 is 27.2. The van der Waals surface area contributed by atoms with Crippen molar-refractivity contribution in [2.75, 3.05) is 25.9 Å². The van der Waals surface area contributed by atoms with Gasteiger partial charge in [-0.15, -0.1) is 0 Å². The molecule has 0 aliphatic carbocycles. The van der Waals surface area contributed by atoms with Crippen LogP contribution in [0.3, 0.4) is 0 Å². The summed E-state index contributed by atoms with van der Waals surface area (Å²) in [6.07, 6.45) is 10.7. The Balaban J connectivity index is 0.000000555. The second-order valence-corrected chi connectivity index (χ2v) is 7.07. The van der Waals surface area contributed by atoms with Crippen LogP contribution in [-0.2, 0) is 10.1 Å². The molecule has 1 aliphatic rings. The average Bonchev–Trinajstić information content (AvgIpc) is 2.72. The van der Waals surface area contributed by atoms with E-state index in [1.165, 1.54) is 64.6 Å². The lowest BCUT2D eigenvalue weighted by molar-refractivity contribution is -0.889. The highest BCUT2D eigenvalue weighted by molar-refractivity contribution is 7.84. The van der Waals surface area contributed by atoms with Crippen LogP contribution in [0.5, 0.6) is 0 Å². The van der Waals surface area contributed by atoms with E-state index in [9.17, 15) is 0 Å². The lowest BCUT2D eigenvalue weighted by atomic mass is 10.0. The first-order chi connectivity index (χ1) is 8.86. The Labute approximate surface area is 119 Å². The normalized spacial score (nSPS) is 22.9. The standard InChI is InChI=1S/C13H27N.CH4O3S/c1-3-5-7-10-14-11-9-13(12-14)8-6-4-2;1-5(2,3)4/h13H,3-12H2,1-2H3;1H3,(H,2,3,4). The lowest BCUT2D eigenvalue weighted by Gasteiger charge is -2.12. The van der Waals surface area contributed by atoms with Crippen molar-refractivity contribution < 1.29 is 17.9 Å². The Morgan fingerprint density at radius 3 is 2.26 bits per heavy atom. The molecule has 2 atom stereocenters. The number of rotatable bonds is 7. The first kappa shape index (κ1) is 18.9. The molecule has 5 heteroatoms. The predicted molar refractivity (Wildman–Crippen MR) is 78.3 cm³/mol. The largest absolute Gasteiger partial charge is 0.748 e. The summed E-state index contributed by atoms with van der Waals surface area (Å²) >= 11 is 0. The van der Waals surface area contributed by atoms with Crippen molar-refractivity contribution in [3.8, 4) is 0 Å². The van der Waals surface area contributed by atoms with Crippen LogP contribution < -0.4 is 4.90 Å². The van der Waals surface area contributed by atoms with Crippen LogP contribution in [0.2, 0.25) is 0 Å². The van der Waals surface area contributed by atoms with Gasteiger partial charge in [-0.1, -0.05) is 33.1 Å². The van der Waals surface area contributed by atoms with E-state index in [0.29, 0.717) is 6.26 Å². The third-order valence-corrected chi connectivity index (χ3v) is 3.58. The van der Waals surface area contributed by atoms with Crippen LogP contribution in [0.15, 0.2) is 0 Å². The molecular formula is C14H31NO3S. The van der Waals surface area contributed by atoms with Crippen molar-refractivity contribution in [2.45, 2.75) is 58.8 Å². The Morgan fingerprint density at radius 1 is 1.16 bits per heavy atom. The van der Waals surface area contributed by atoms with Crippen molar-refractivity contribution in [2.24, 2.45) is 5.92 Å². The van der Waals surface area contributed by atoms with Gasteiger partial charge in [-0.25, -0.2) is 8.42 Å². The van der Waals surface area contributed by atoms with Gasteiger partial charge in [-0.05, 0) is 19.3 Å². The highest BCUT2D eigenvalue weighted by Crippen LogP contribution is 2.13. The van der Waals surface area contributed by atoms with Crippen molar-refractivity contribution in [3.63, 3.8) is 0 Å². The lowest BCUT2D eigenvalue weighted by Crippen LogP contribution is -3.10. The summed E-state index contributed by atoms with van der Waals surface area (Å²) in [7, 11) is -3.92. The molecule has 0 aromatic heterocycles. The zero-order valence-corrected chi connectivity index (χ0v) is 13.6. The molecule has 1 N–H and O–H groups in total. The second-order valence-electron chi connectivity index (χ2n) is 5.66. The fraction of sp³-hybridized carbons (Fsp3) is 1.00. The van der Waals surface area contributed by atoms with Gasteiger partial charge in [0.15, 0.2) is 0 Å². The molecule has 0 spiro atoms. The molecule has 0 saturated carbocycles. The Hall–Kier alpha value is -0.130. The molecule has 0 aromatic rings. The molecule has 1 rings (SSSR count). The van der Waals surface area contributed by atoms with Crippen molar-refractivity contribution in [1.29, 1.82) is 0 Å². The summed E-state index contributed by atoms with van der Waals surface area (Å²) in [5, 5.41) is 0. The molecule has 0 aromatic carbocycles. The van der Waals surface area contributed by atoms with Gasteiger partial charge in [0.05, 0.1) is 29.8 Å². The topological polar surface area (TPSA) is 61.6 Å². The minimum absolute atomic E-state index is 0.604. The molecule has 0 amide bonds. The number of hydrogen-bond donors (Lipinski definition) is 1. The van der Waals surface area contributed by atoms with E-state index in [1.807, 2.05) is 4.90 Å². The summed E-state index contributed by atoms with van der Waals surface area (Å²) in [4.78, 5) is 1.89. The minimum Gasteiger partial charge on any atom is -0.748 e. The molecule has 1 aliphatic heterocycles. The molecule has 2 unspecified atom stereocenters. The minimum atomic E-state index is -3.92. The number of quaternary nitrogens is 1. The molecule has 1 fully saturated rings. The SMILES string of the molecule is CCCCC[NH+]1CCC(CCCC)C1.CS(=O)(=O)[O-]. The third-order valence-electron chi connectivity index (χ3n) is 3.58. The van der Waals surface area contributed by atoms with E-state index in [4.69, 9.17) is 13.0 Å². The Morgan fingerprint density at radius 2 is 1.74 bits per heavy atom. The van der Waals surface area contributed by atoms with Gasteiger partial charge in [-0.2, -0.15) is 0 Å². The van der Waals surface area contributed by atoms with Crippen LogP contribution >= 0.6 is 0 Å². The van der Waals surface area contributed by atoms with E-state index in [2.05, 4.69) is 13.8 Å². The second kappa shape index (κ2) is 10.6. The molecule has 4 nitrogen and oxygen atoms in total. The van der Waals surface area contributed by atoms with Crippen molar-refractivity contribution >= 4 is 10.1 Å². The van der Waals surface area contributed by atoms with Gasteiger partial charge in [0.2, 0.25) is 0 Å². The predicted octanol–water partition coefficient (Wildman–Crippen LogP) is 1.43. The molecule has 1 heterocycles. The van der Waals surface area contributed by atoms with Crippen molar-refractivity contribution in [1.82, 2.24) is 0 Å². The molecule has 116 valence electrons. The monoisotopic (exact) mass is 293 g/mol. The summed E-state index contributed by atoms with van der Waals surface area (Å²) in [6, 6.07) is 0. The third kappa shape index (κ3) is 14.1. The first-order valence-electron chi connectivity index (χ1n) is 7.61. The number of unbranched alkanes of at least 4 members (excludes halogenated alkanes) is 3. The highest BCUT2D eigenvalue weighted by atomic mass is 32.2. The van der Waals surface area contributed by atoms with Crippen molar-refractivity contribution in [3.05, 3.63) is 0 Å². The van der Waals surface area contributed by atoms with Crippen LogP contribution in [0.4, 0.5) is 0 Å². The summed E-state index contributed by atoms with van der Waals surface area (Å²) in [5.41, 5.74) is 0. The fourth-order valence-corrected chi connectivity index (χ4v) is 2.61. The van der Waals surface area contributed by atoms with Gasteiger partial charge >= 0.3 is 0 Å². The van der Waals surface area contributed by atoms with Crippen LogP contribution in [0.1, 0.15) is 58.8 Å². The van der Waals surface area contributed by atoms with Crippen LogP contribution in [-0.4, -0.2) is 38.9 Å². The van der Waals surface area contributed by atoms with Crippen LogP contribution in [0.25, 0.3) is 0 Å². The number of nitrogens with one attached hydrogen (secondary N) is 1. The van der Waals surface area contributed by atoms with E-state index in [0.717, 1.165) is 5.92 Å². The Kier molecular flexibility index (Phi) is 10.6. The maximum absolute atomic E-state index is 9.08. The average molecular weight is 293 g/mol. The van der Waals surface area contributed by atoms with Gasteiger partial charge < -0.3 is 9.45 Å². The van der Waals surface area contributed by atoms with Crippen LogP contribution in [0, 0.1) is 5.92 Å². The molecule has 1 saturated heterocycles. The maximum Gasteiger partial charge on any atom is 0.0916 e. The number of hydrogen-bond acceptors (Lipinski definition) is 3. The van der Waals surface area contributed by atoms with E-state index in [1.54, 1.807) is 0 Å². The van der Waals surface area contributed by atoms with Gasteiger partial charge in [0, 0.05) is 18.6 Å². The van der Waals surface area contributed by atoms with Gasteiger partial charge in [0.1, 0.15) is 0 Å². The van der Waals surface area contributed by atoms with Gasteiger partial charge in [-0.3, -0.25) is 0 Å². The van der Waals surface area contributed by atoms with Gasteiger partial charge in [0.25, 0.3) is 0 Å². The summed E-state index contributed by atoms with van der Waals surface area (Å²) in [6.45, 7) is 8.97. The molecule has 19 heavy (non-hydrogen) atoms. The molecule has 0 radical (unpaired) electrons. The quantitative estimate of drug-likeness (QED) is 0.570. The molecule has 0 bridgehead atoms. The fourth-order valence-electron chi connectivity index (χ4n) is 2.61. The van der Waals surface area contributed by atoms with E-state index >= 15 is 0 Å². The smallest absolute Gasteiger partial charge is 0.0916 e. The number of likely N-dealkylation sites (tertiary alicyclic amines) is 1. The van der Waals surface area contributed by atoms with E-state index < -0.39 is 10.1 Å². The Bertz CT molecular complexity index is 296. The molecular weight excluding hydrogens is 262 g/mol. The summed E-state index contributed by atoms with van der Waals surface area (Å²) in [5.74, 6) is 1.06. The van der Waals surface area contributed by atoms with E-state index in [-0.39, 0.29) is 0 Å².